The summed E-state index contributed by atoms with van der Waals surface area (Å²) in [6.07, 6.45) is 2.16. The first-order valence-corrected chi connectivity index (χ1v) is 6.76. The maximum Gasteiger partial charge on any atom is 0.319 e. The van der Waals surface area contributed by atoms with E-state index in [2.05, 4.69) is 30.8 Å². The first-order valence-electron chi connectivity index (χ1n) is 6.76. The standard InChI is InChI=1S/C13H26N4O/c1-11-13(16(5)10-15(11)4)6-8-17(9-7-13)12(18)14(2)3/h11H,6-10H2,1-5H3. The van der Waals surface area contributed by atoms with Gasteiger partial charge in [0.1, 0.15) is 0 Å². The predicted octanol–water partition coefficient (Wildman–Crippen LogP) is 0.726. The molecule has 0 N–H and O–H groups in total. The minimum absolute atomic E-state index is 0.145. The summed E-state index contributed by atoms with van der Waals surface area (Å²) in [6.45, 7) is 5.09. The molecule has 18 heavy (non-hydrogen) atoms. The summed E-state index contributed by atoms with van der Waals surface area (Å²) in [5.41, 5.74) is 0.262. The van der Waals surface area contributed by atoms with Crippen LogP contribution in [0, 0.1) is 0 Å². The van der Waals surface area contributed by atoms with Crippen molar-refractivity contribution in [3.05, 3.63) is 0 Å². The lowest BCUT2D eigenvalue weighted by Crippen LogP contribution is -2.57. The van der Waals surface area contributed by atoms with Crippen LogP contribution in [0.15, 0.2) is 0 Å². The van der Waals surface area contributed by atoms with E-state index < -0.39 is 0 Å². The molecule has 0 bridgehead atoms. The molecule has 2 rings (SSSR count). The normalized spacial score (nSPS) is 28.9. The van der Waals surface area contributed by atoms with Crippen LogP contribution in [0.2, 0.25) is 0 Å². The molecule has 0 radical (unpaired) electrons. The van der Waals surface area contributed by atoms with E-state index in [9.17, 15) is 4.79 Å². The van der Waals surface area contributed by atoms with Gasteiger partial charge in [-0.25, -0.2) is 4.79 Å². The van der Waals surface area contributed by atoms with Crippen LogP contribution < -0.4 is 0 Å². The molecule has 2 fully saturated rings. The molecular formula is C13H26N4O. The van der Waals surface area contributed by atoms with Crippen molar-refractivity contribution in [3.8, 4) is 0 Å². The fourth-order valence-electron chi connectivity index (χ4n) is 3.49. The van der Waals surface area contributed by atoms with E-state index in [0.29, 0.717) is 6.04 Å². The zero-order valence-corrected chi connectivity index (χ0v) is 12.3. The van der Waals surface area contributed by atoms with Crippen molar-refractivity contribution in [2.24, 2.45) is 0 Å². The molecule has 0 saturated carbocycles. The van der Waals surface area contributed by atoms with Crippen molar-refractivity contribution in [2.45, 2.75) is 31.3 Å². The number of carbonyl (C=O) groups excluding carboxylic acids is 1. The summed E-state index contributed by atoms with van der Waals surface area (Å²) in [4.78, 5) is 20.5. The van der Waals surface area contributed by atoms with Crippen LogP contribution in [0.1, 0.15) is 19.8 Å². The molecule has 0 aromatic heterocycles. The quantitative estimate of drug-likeness (QED) is 0.638. The van der Waals surface area contributed by atoms with E-state index in [1.54, 1.807) is 4.90 Å². The minimum Gasteiger partial charge on any atom is -0.331 e. The lowest BCUT2D eigenvalue weighted by atomic mass is 9.81. The van der Waals surface area contributed by atoms with Crippen molar-refractivity contribution in [3.63, 3.8) is 0 Å². The minimum atomic E-state index is 0.145. The topological polar surface area (TPSA) is 30.0 Å². The first kappa shape index (κ1) is 13.6. The molecule has 2 heterocycles. The highest BCUT2D eigenvalue weighted by Crippen LogP contribution is 2.38. The van der Waals surface area contributed by atoms with E-state index in [0.717, 1.165) is 32.6 Å². The van der Waals surface area contributed by atoms with Crippen molar-refractivity contribution in [1.29, 1.82) is 0 Å². The summed E-state index contributed by atoms with van der Waals surface area (Å²) in [7, 11) is 8.05. The highest BCUT2D eigenvalue weighted by atomic mass is 16.2. The molecule has 2 saturated heterocycles. The van der Waals surface area contributed by atoms with Gasteiger partial charge in [0.15, 0.2) is 0 Å². The fraction of sp³-hybridized carbons (Fsp3) is 0.923. The molecule has 0 aromatic rings. The number of hydrogen-bond donors (Lipinski definition) is 0. The highest BCUT2D eigenvalue weighted by Gasteiger charge is 2.49. The van der Waals surface area contributed by atoms with Crippen molar-refractivity contribution >= 4 is 6.03 Å². The molecule has 2 aliphatic heterocycles. The number of likely N-dealkylation sites (tertiary alicyclic amines) is 1. The maximum absolute atomic E-state index is 12.0. The second kappa shape index (κ2) is 4.70. The molecular weight excluding hydrogens is 228 g/mol. The number of rotatable bonds is 0. The summed E-state index contributed by atoms with van der Waals surface area (Å²) < 4.78 is 0. The molecule has 0 aromatic carbocycles. The first-order chi connectivity index (χ1) is 8.38. The van der Waals surface area contributed by atoms with Crippen molar-refractivity contribution in [2.75, 3.05) is 47.9 Å². The molecule has 2 aliphatic rings. The Morgan fingerprint density at radius 1 is 1.22 bits per heavy atom. The summed E-state index contributed by atoms with van der Waals surface area (Å²) in [5.74, 6) is 0. The average Bonchev–Trinajstić information content (AvgIpc) is 2.54. The van der Waals surface area contributed by atoms with Crippen LogP contribution in [-0.4, -0.2) is 85.2 Å². The number of carbonyl (C=O) groups is 1. The van der Waals surface area contributed by atoms with Gasteiger partial charge >= 0.3 is 6.03 Å². The van der Waals surface area contributed by atoms with Gasteiger partial charge in [0.05, 0.1) is 6.67 Å². The molecule has 5 nitrogen and oxygen atoms in total. The zero-order chi connectivity index (χ0) is 13.5. The van der Waals surface area contributed by atoms with Crippen LogP contribution in [0.5, 0.6) is 0 Å². The second-order valence-electron chi connectivity index (χ2n) is 6.04. The summed E-state index contributed by atoms with van der Waals surface area (Å²) in [5, 5.41) is 0. The van der Waals surface area contributed by atoms with Gasteiger partial charge in [0.25, 0.3) is 0 Å². The maximum atomic E-state index is 12.0. The van der Waals surface area contributed by atoms with Gasteiger partial charge in [-0.3, -0.25) is 9.80 Å². The van der Waals surface area contributed by atoms with Gasteiger partial charge < -0.3 is 9.80 Å². The third-order valence-corrected chi connectivity index (χ3v) is 4.92. The Balaban J connectivity index is 2.04. The number of urea groups is 1. The summed E-state index contributed by atoms with van der Waals surface area (Å²) in [6, 6.07) is 0.714. The van der Waals surface area contributed by atoms with Gasteiger partial charge in [0, 0.05) is 38.8 Å². The highest BCUT2D eigenvalue weighted by molar-refractivity contribution is 5.73. The van der Waals surface area contributed by atoms with E-state index in [-0.39, 0.29) is 11.6 Å². The van der Waals surface area contributed by atoms with Crippen molar-refractivity contribution in [1.82, 2.24) is 19.6 Å². The van der Waals surface area contributed by atoms with E-state index in [1.807, 2.05) is 19.0 Å². The van der Waals surface area contributed by atoms with Crippen LogP contribution in [0.25, 0.3) is 0 Å². The Bertz CT molecular complexity index is 323. The van der Waals surface area contributed by atoms with Crippen LogP contribution >= 0.6 is 0 Å². The fourth-order valence-corrected chi connectivity index (χ4v) is 3.49. The average molecular weight is 254 g/mol. The van der Waals surface area contributed by atoms with Gasteiger partial charge in [-0.15, -0.1) is 0 Å². The van der Waals surface area contributed by atoms with Gasteiger partial charge in [-0.2, -0.15) is 0 Å². The van der Waals surface area contributed by atoms with E-state index in [1.165, 1.54) is 0 Å². The van der Waals surface area contributed by atoms with Gasteiger partial charge in [-0.05, 0) is 33.9 Å². The van der Waals surface area contributed by atoms with Crippen LogP contribution in [0.3, 0.4) is 0 Å². The molecule has 0 aliphatic carbocycles. The number of hydrogen-bond acceptors (Lipinski definition) is 3. The Hall–Kier alpha value is -0.810. The molecule has 1 atom stereocenters. The van der Waals surface area contributed by atoms with Crippen LogP contribution in [-0.2, 0) is 0 Å². The molecule has 2 amide bonds. The van der Waals surface area contributed by atoms with E-state index in [4.69, 9.17) is 0 Å². The third kappa shape index (κ3) is 1.99. The van der Waals surface area contributed by atoms with Crippen LogP contribution in [0.4, 0.5) is 4.79 Å². The Labute approximate surface area is 110 Å². The number of amides is 2. The monoisotopic (exact) mass is 254 g/mol. The van der Waals surface area contributed by atoms with Gasteiger partial charge in [-0.1, -0.05) is 0 Å². The lowest BCUT2D eigenvalue weighted by molar-refractivity contribution is 0.0666. The van der Waals surface area contributed by atoms with Crippen molar-refractivity contribution < 1.29 is 4.79 Å². The molecule has 104 valence electrons. The number of nitrogens with zero attached hydrogens (tertiary/aromatic N) is 4. The predicted molar refractivity (Wildman–Crippen MR) is 72.5 cm³/mol. The lowest BCUT2D eigenvalue weighted by Gasteiger charge is -2.46. The smallest absolute Gasteiger partial charge is 0.319 e. The number of likely N-dealkylation sites (N-methyl/N-ethyl adjacent to an activating group) is 2. The zero-order valence-electron chi connectivity index (χ0n) is 12.3. The summed E-state index contributed by atoms with van der Waals surface area (Å²) >= 11 is 0. The second-order valence-corrected chi connectivity index (χ2v) is 6.04. The molecule has 1 unspecified atom stereocenters. The largest absolute Gasteiger partial charge is 0.331 e. The third-order valence-electron chi connectivity index (χ3n) is 4.92. The molecule has 5 heteroatoms. The van der Waals surface area contributed by atoms with E-state index >= 15 is 0 Å². The Morgan fingerprint density at radius 3 is 2.17 bits per heavy atom. The Kier molecular flexibility index (Phi) is 3.56. The Morgan fingerprint density at radius 2 is 1.78 bits per heavy atom. The SMILES string of the molecule is CC1N(C)CN(C)C12CCN(C(=O)N(C)C)CC2. The number of piperidine rings is 1. The van der Waals surface area contributed by atoms with Gasteiger partial charge in [0.2, 0.25) is 0 Å². The molecule has 1 spiro atoms.